The van der Waals surface area contributed by atoms with Crippen LogP contribution in [0.1, 0.15) is 42.6 Å². The van der Waals surface area contributed by atoms with Gasteiger partial charge in [0.15, 0.2) is 0 Å². The van der Waals surface area contributed by atoms with Crippen molar-refractivity contribution in [1.29, 1.82) is 0 Å². The van der Waals surface area contributed by atoms with E-state index in [0.29, 0.717) is 11.6 Å². The summed E-state index contributed by atoms with van der Waals surface area (Å²) in [5, 5.41) is 1.67. The molecule has 1 saturated heterocycles. The molecule has 4 rings (SSSR count). The Morgan fingerprint density at radius 1 is 1.27 bits per heavy atom. The van der Waals surface area contributed by atoms with Gasteiger partial charge < -0.3 is 8.98 Å². The summed E-state index contributed by atoms with van der Waals surface area (Å²) in [5.41, 5.74) is 3.64. The van der Waals surface area contributed by atoms with Crippen molar-refractivity contribution in [1.82, 2.24) is 9.47 Å². The lowest BCUT2D eigenvalue weighted by atomic mass is 10.0. The molecular weight excluding hydrogens is 348 g/mol. The Morgan fingerprint density at radius 2 is 2.12 bits per heavy atom. The maximum atomic E-state index is 12.1. The Hall–Kier alpha value is -2.04. The van der Waals surface area contributed by atoms with E-state index in [1.807, 2.05) is 19.1 Å². The molecule has 0 amide bonds. The van der Waals surface area contributed by atoms with Crippen molar-refractivity contribution in [3.63, 3.8) is 0 Å². The highest BCUT2D eigenvalue weighted by atomic mass is 35.5. The van der Waals surface area contributed by atoms with Crippen molar-refractivity contribution >= 4 is 22.6 Å². The molecule has 4 nitrogen and oxygen atoms in total. The van der Waals surface area contributed by atoms with Crippen LogP contribution in [0.25, 0.3) is 11.0 Å². The van der Waals surface area contributed by atoms with E-state index in [2.05, 4.69) is 34.8 Å². The third kappa shape index (κ3) is 3.08. The van der Waals surface area contributed by atoms with E-state index in [-0.39, 0.29) is 5.63 Å². The van der Waals surface area contributed by atoms with Gasteiger partial charge in [0.05, 0.1) is 6.04 Å². The SMILES string of the molecule is CCc1cc2oc(=O)cc(CN3CCC[C@H]3c3cccn3C)c2cc1Cl. The zero-order valence-electron chi connectivity index (χ0n) is 15.2. The van der Waals surface area contributed by atoms with Gasteiger partial charge in [0.2, 0.25) is 0 Å². The number of aryl methyl sites for hydroxylation is 2. The molecule has 0 saturated carbocycles. The topological polar surface area (TPSA) is 38.4 Å². The first-order chi connectivity index (χ1) is 12.6. The molecule has 1 aromatic carbocycles. The molecule has 3 aromatic rings. The van der Waals surface area contributed by atoms with Crippen LogP contribution in [0.5, 0.6) is 0 Å². The van der Waals surface area contributed by atoms with Crippen molar-refractivity contribution < 1.29 is 4.42 Å². The van der Waals surface area contributed by atoms with E-state index in [4.69, 9.17) is 16.0 Å². The van der Waals surface area contributed by atoms with E-state index >= 15 is 0 Å². The molecule has 0 unspecified atom stereocenters. The lowest BCUT2D eigenvalue weighted by molar-refractivity contribution is 0.241. The van der Waals surface area contributed by atoms with Gasteiger partial charge in [-0.1, -0.05) is 18.5 Å². The highest BCUT2D eigenvalue weighted by Crippen LogP contribution is 2.34. The largest absolute Gasteiger partial charge is 0.423 e. The lowest BCUT2D eigenvalue weighted by Crippen LogP contribution is -2.24. The Bertz CT molecular complexity index is 1000. The minimum atomic E-state index is -0.300. The van der Waals surface area contributed by atoms with Crippen molar-refractivity contribution in [2.45, 2.75) is 38.8 Å². The maximum absolute atomic E-state index is 12.1. The van der Waals surface area contributed by atoms with Gasteiger partial charge in [0, 0.05) is 42.0 Å². The molecule has 26 heavy (non-hydrogen) atoms. The van der Waals surface area contributed by atoms with Crippen LogP contribution in [0.2, 0.25) is 5.02 Å². The fourth-order valence-corrected chi connectivity index (χ4v) is 4.38. The van der Waals surface area contributed by atoms with Crippen molar-refractivity contribution in [2.75, 3.05) is 6.54 Å². The molecule has 5 heteroatoms. The van der Waals surface area contributed by atoms with Crippen LogP contribution in [0.15, 0.2) is 45.7 Å². The van der Waals surface area contributed by atoms with Gasteiger partial charge in [-0.2, -0.15) is 0 Å². The predicted molar refractivity (Wildman–Crippen MR) is 105 cm³/mol. The second-order valence-corrected chi connectivity index (χ2v) is 7.46. The number of benzene rings is 1. The Morgan fingerprint density at radius 3 is 2.85 bits per heavy atom. The Labute approximate surface area is 158 Å². The van der Waals surface area contributed by atoms with Crippen LogP contribution in [0.4, 0.5) is 0 Å². The average molecular weight is 371 g/mol. The summed E-state index contributed by atoms with van der Waals surface area (Å²) >= 11 is 6.43. The monoisotopic (exact) mass is 370 g/mol. The molecule has 2 aromatic heterocycles. The molecule has 1 atom stereocenters. The molecule has 1 aliphatic rings. The molecule has 136 valence electrons. The molecule has 1 fully saturated rings. The normalized spacial score (nSPS) is 18.0. The number of hydrogen-bond acceptors (Lipinski definition) is 3. The predicted octanol–water partition coefficient (Wildman–Crippen LogP) is 4.68. The third-order valence-corrected chi connectivity index (χ3v) is 5.79. The van der Waals surface area contributed by atoms with Crippen LogP contribution < -0.4 is 5.63 Å². The average Bonchev–Trinajstić information content (AvgIpc) is 3.23. The second kappa shape index (κ2) is 6.93. The number of nitrogens with zero attached hydrogens (tertiary/aromatic N) is 2. The van der Waals surface area contributed by atoms with Gasteiger partial charge >= 0.3 is 5.63 Å². The molecule has 0 spiro atoms. The first kappa shape index (κ1) is 17.4. The molecule has 0 bridgehead atoms. The minimum Gasteiger partial charge on any atom is -0.423 e. The van der Waals surface area contributed by atoms with Gasteiger partial charge in [0.1, 0.15) is 5.58 Å². The van der Waals surface area contributed by atoms with Gasteiger partial charge in [-0.15, -0.1) is 0 Å². The van der Waals surface area contributed by atoms with Crippen LogP contribution in [0.3, 0.4) is 0 Å². The van der Waals surface area contributed by atoms with Crippen molar-refractivity contribution in [2.24, 2.45) is 7.05 Å². The first-order valence-electron chi connectivity index (χ1n) is 9.17. The quantitative estimate of drug-likeness (QED) is 0.625. The van der Waals surface area contributed by atoms with Gasteiger partial charge in [-0.3, -0.25) is 4.90 Å². The van der Waals surface area contributed by atoms with E-state index in [9.17, 15) is 4.79 Å². The van der Waals surface area contributed by atoms with E-state index in [0.717, 1.165) is 53.9 Å². The van der Waals surface area contributed by atoms with E-state index in [1.165, 1.54) is 5.69 Å². The molecule has 0 N–H and O–H groups in total. The molecule has 0 aliphatic carbocycles. The second-order valence-electron chi connectivity index (χ2n) is 7.06. The Kier molecular flexibility index (Phi) is 4.63. The molecule has 3 heterocycles. The Balaban J connectivity index is 1.73. The number of halogens is 1. The summed E-state index contributed by atoms with van der Waals surface area (Å²) < 4.78 is 7.63. The number of aromatic nitrogens is 1. The molecule has 1 aliphatic heterocycles. The first-order valence-corrected chi connectivity index (χ1v) is 9.55. The summed E-state index contributed by atoms with van der Waals surface area (Å²) in [6, 6.07) is 10.1. The fraction of sp³-hybridized carbons (Fsp3) is 0.381. The van der Waals surface area contributed by atoms with Crippen LogP contribution in [0, 0.1) is 0 Å². The zero-order valence-corrected chi connectivity index (χ0v) is 15.9. The van der Waals surface area contributed by atoms with E-state index in [1.54, 1.807) is 6.07 Å². The van der Waals surface area contributed by atoms with Crippen LogP contribution in [-0.4, -0.2) is 16.0 Å². The third-order valence-electron chi connectivity index (χ3n) is 5.44. The van der Waals surface area contributed by atoms with Gasteiger partial charge in [0.25, 0.3) is 0 Å². The number of hydrogen-bond donors (Lipinski definition) is 0. The summed E-state index contributed by atoms with van der Waals surface area (Å²) in [7, 11) is 2.09. The molecule has 0 radical (unpaired) electrons. The summed E-state index contributed by atoms with van der Waals surface area (Å²) in [6.07, 6.45) is 5.20. The smallest absolute Gasteiger partial charge is 0.336 e. The summed E-state index contributed by atoms with van der Waals surface area (Å²) in [6.45, 7) is 3.79. The summed E-state index contributed by atoms with van der Waals surface area (Å²) in [4.78, 5) is 14.6. The summed E-state index contributed by atoms with van der Waals surface area (Å²) in [5.74, 6) is 0. The van der Waals surface area contributed by atoms with Crippen LogP contribution >= 0.6 is 11.6 Å². The molecular formula is C21H23ClN2O2. The fourth-order valence-electron chi connectivity index (χ4n) is 4.08. The number of fused-ring (bicyclic) bond motifs is 1. The highest BCUT2D eigenvalue weighted by Gasteiger charge is 2.28. The van der Waals surface area contributed by atoms with Crippen LogP contribution in [-0.2, 0) is 20.0 Å². The minimum absolute atomic E-state index is 0.300. The number of likely N-dealkylation sites (tertiary alicyclic amines) is 1. The highest BCUT2D eigenvalue weighted by molar-refractivity contribution is 6.32. The maximum Gasteiger partial charge on any atom is 0.336 e. The standard InChI is InChI=1S/C21H23ClN2O2/c1-3-14-10-20-16(12-17(14)22)15(11-21(25)26-20)13-24-9-5-7-19(24)18-6-4-8-23(18)2/h4,6,8,10-12,19H,3,5,7,9,13H2,1-2H3/t19-/m0/s1. The zero-order chi connectivity index (χ0) is 18.3. The lowest BCUT2D eigenvalue weighted by Gasteiger charge is -2.25. The van der Waals surface area contributed by atoms with E-state index < -0.39 is 0 Å². The van der Waals surface area contributed by atoms with Crippen molar-refractivity contribution in [3.05, 3.63) is 68.8 Å². The number of rotatable bonds is 4. The van der Waals surface area contributed by atoms with Gasteiger partial charge in [-0.25, -0.2) is 4.79 Å². The van der Waals surface area contributed by atoms with Crippen molar-refractivity contribution in [3.8, 4) is 0 Å². The van der Waals surface area contributed by atoms with Gasteiger partial charge in [-0.05, 0) is 61.2 Å².